The van der Waals surface area contributed by atoms with Gasteiger partial charge in [0.05, 0.1) is 0 Å². The van der Waals surface area contributed by atoms with Crippen LogP contribution < -0.4 is 5.32 Å². The maximum absolute atomic E-state index is 12.1. The fourth-order valence-corrected chi connectivity index (χ4v) is 1.85. The number of alkyl halides is 3. The number of rotatable bonds is 5. The third-order valence-corrected chi connectivity index (χ3v) is 2.79. The van der Waals surface area contributed by atoms with Gasteiger partial charge in [0.25, 0.3) is 0 Å². The van der Waals surface area contributed by atoms with E-state index in [1.54, 1.807) is 25.2 Å². The van der Waals surface area contributed by atoms with Crippen LogP contribution in [0.25, 0.3) is 0 Å². The Morgan fingerprint density at radius 3 is 2.59 bits per heavy atom. The minimum atomic E-state index is -4.09. The lowest BCUT2D eigenvalue weighted by Gasteiger charge is -2.17. The topological polar surface area (TPSA) is 12.0 Å². The van der Waals surface area contributed by atoms with E-state index in [2.05, 4.69) is 5.32 Å². The van der Waals surface area contributed by atoms with Gasteiger partial charge in [0.1, 0.15) is 0 Å². The molecule has 0 heterocycles. The normalized spacial score (nSPS) is 13.7. The number of benzene rings is 1. The molecular weight excluding hydrogens is 251 g/mol. The quantitative estimate of drug-likeness (QED) is 0.854. The molecule has 0 aromatic heterocycles. The zero-order valence-corrected chi connectivity index (χ0v) is 10.3. The predicted octanol–water partition coefficient (Wildman–Crippen LogP) is 3.81. The number of hydrogen-bond acceptors (Lipinski definition) is 1. The standard InChI is InChI=1S/C12H15ClF3N/c1-17-11(5-6-12(14,15)16)8-9-3-2-4-10(13)7-9/h2-4,7,11,17H,5-6,8H2,1H3. The van der Waals surface area contributed by atoms with Crippen molar-refractivity contribution < 1.29 is 13.2 Å². The third-order valence-electron chi connectivity index (χ3n) is 2.56. The SMILES string of the molecule is CNC(CCC(F)(F)F)Cc1cccc(Cl)c1. The molecular formula is C12H15ClF3N. The van der Waals surface area contributed by atoms with Crippen molar-refractivity contribution in [3.05, 3.63) is 34.9 Å². The number of nitrogens with one attached hydrogen (secondary N) is 1. The summed E-state index contributed by atoms with van der Waals surface area (Å²) in [5.41, 5.74) is 0.944. The van der Waals surface area contributed by atoms with Crippen molar-refractivity contribution in [2.45, 2.75) is 31.5 Å². The van der Waals surface area contributed by atoms with Crippen LogP contribution in [0.5, 0.6) is 0 Å². The average Bonchev–Trinajstić information content (AvgIpc) is 2.23. The molecule has 1 rings (SSSR count). The minimum absolute atomic E-state index is 0.0759. The van der Waals surface area contributed by atoms with Gasteiger partial charge < -0.3 is 5.32 Å². The Labute approximate surface area is 104 Å². The third kappa shape index (κ3) is 5.94. The molecule has 96 valence electrons. The first-order chi connectivity index (χ1) is 7.90. The highest BCUT2D eigenvalue weighted by molar-refractivity contribution is 6.30. The van der Waals surface area contributed by atoms with Gasteiger partial charge in [0.2, 0.25) is 0 Å². The fourth-order valence-electron chi connectivity index (χ4n) is 1.63. The molecule has 0 fully saturated rings. The lowest BCUT2D eigenvalue weighted by Crippen LogP contribution is -2.29. The Kier molecular flexibility index (Phi) is 5.28. The van der Waals surface area contributed by atoms with Gasteiger partial charge in [-0.1, -0.05) is 23.7 Å². The highest BCUT2D eigenvalue weighted by Gasteiger charge is 2.27. The number of hydrogen-bond donors (Lipinski definition) is 1. The van der Waals surface area contributed by atoms with Crippen LogP contribution >= 0.6 is 11.6 Å². The molecule has 0 aliphatic rings. The van der Waals surface area contributed by atoms with E-state index >= 15 is 0 Å². The van der Waals surface area contributed by atoms with Crippen LogP contribution in [-0.2, 0) is 6.42 Å². The Balaban J connectivity index is 2.52. The van der Waals surface area contributed by atoms with E-state index in [9.17, 15) is 13.2 Å². The Hall–Kier alpha value is -0.740. The van der Waals surface area contributed by atoms with Crippen molar-refractivity contribution in [1.82, 2.24) is 5.32 Å². The zero-order valence-electron chi connectivity index (χ0n) is 9.52. The van der Waals surface area contributed by atoms with Gasteiger partial charge in [-0.25, -0.2) is 0 Å². The van der Waals surface area contributed by atoms with Gasteiger partial charge >= 0.3 is 6.18 Å². The molecule has 1 N–H and O–H groups in total. The molecule has 1 aromatic carbocycles. The van der Waals surface area contributed by atoms with Crippen LogP contribution in [-0.4, -0.2) is 19.3 Å². The molecule has 1 aromatic rings. The first-order valence-electron chi connectivity index (χ1n) is 5.39. The highest BCUT2D eigenvalue weighted by Crippen LogP contribution is 2.23. The van der Waals surface area contributed by atoms with Crippen molar-refractivity contribution in [2.24, 2.45) is 0 Å². The molecule has 17 heavy (non-hydrogen) atoms. The lowest BCUT2D eigenvalue weighted by atomic mass is 10.0. The summed E-state index contributed by atoms with van der Waals surface area (Å²) < 4.78 is 36.3. The van der Waals surface area contributed by atoms with Crippen LogP contribution in [0.4, 0.5) is 13.2 Å². The average molecular weight is 266 g/mol. The van der Waals surface area contributed by atoms with Crippen LogP contribution in [0.15, 0.2) is 24.3 Å². The van der Waals surface area contributed by atoms with E-state index in [0.29, 0.717) is 11.4 Å². The predicted molar refractivity (Wildman–Crippen MR) is 63.3 cm³/mol. The lowest BCUT2D eigenvalue weighted by molar-refractivity contribution is -0.136. The van der Waals surface area contributed by atoms with Gasteiger partial charge in [-0.3, -0.25) is 0 Å². The summed E-state index contributed by atoms with van der Waals surface area (Å²) in [5.74, 6) is 0. The molecule has 0 amide bonds. The molecule has 0 saturated heterocycles. The molecule has 0 spiro atoms. The Morgan fingerprint density at radius 1 is 1.35 bits per heavy atom. The molecule has 0 aliphatic carbocycles. The highest BCUT2D eigenvalue weighted by atomic mass is 35.5. The minimum Gasteiger partial charge on any atom is -0.317 e. The maximum Gasteiger partial charge on any atom is 0.389 e. The van der Waals surface area contributed by atoms with Gasteiger partial charge in [-0.05, 0) is 37.6 Å². The molecule has 0 bridgehead atoms. The van der Waals surface area contributed by atoms with Gasteiger partial charge in [0, 0.05) is 17.5 Å². The Morgan fingerprint density at radius 2 is 2.06 bits per heavy atom. The molecule has 5 heteroatoms. The molecule has 1 nitrogen and oxygen atoms in total. The second-order valence-electron chi connectivity index (χ2n) is 3.97. The summed E-state index contributed by atoms with van der Waals surface area (Å²) >= 11 is 5.82. The summed E-state index contributed by atoms with van der Waals surface area (Å²) in [6, 6.07) is 7.00. The van der Waals surface area contributed by atoms with Crippen molar-refractivity contribution in [2.75, 3.05) is 7.05 Å². The largest absolute Gasteiger partial charge is 0.389 e. The van der Waals surface area contributed by atoms with Crippen molar-refractivity contribution in [3.8, 4) is 0 Å². The van der Waals surface area contributed by atoms with E-state index in [4.69, 9.17) is 11.6 Å². The zero-order chi connectivity index (χ0) is 12.9. The van der Waals surface area contributed by atoms with E-state index in [-0.39, 0.29) is 12.5 Å². The van der Waals surface area contributed by atoms with E-state index in [1.165, 1.54) is 0 Å². The first-order valence-corrected chi connectivity index (χ1v) is 5.77. The molecule has 1 atom stereocenters. The van der Waals surface area contributed by atoms with Gasteiger partial charge in [-0.2, -0.15) is 13.2 Å². The monoisotopic (exact) mass is 265 g/mol. The number of likely N-dealkylation sites (N-methyl/N-ethyl adjacent to an activating group) is 1. The van der Waals surface area contributed by atoms with E-state index < -0.39 is 12.6 Å². The van der Waals surface area contributed by atoms with Crippen molar-refractivity contribution >= 4 is 11.6 Å². The van der Waals surface area contributed by atoms with Crippen LogP contribution in [0.3, 0.4) is 0 Å². The van der Waals surface area contributed by atoms with E-state index in [0.717, 1.165) is 5.56 Å². The van der Waals surface area contributed by atoms with Crippen molar-refractivity contribution in [3.63, 3.8) is 0 Å². The van der Waals surface area contributed by atoms with Gasteiger partial charge in [0.15, 0.2) is 0 Å². The van der Waals surface area contributed by atoms with Crippen LogP contribution in [0.1, 0.15) is 18.4 Å². The summed E-state index contributed by atoms with van der Waals surface area (Å²) in [4.78, 5) is 0. The summed E-state index contributed by atoms with van der Waals surface area (Å²) in [6.07, 6.45) is -4.23. The summed E-state index contributed by atoms with van der Waals surface area (Å²) in [5, 5.41) is 3.50. The summed E-state index contributed by atoms with van der Waals surface area (Å²) in [7, 11) is 1.67. The molecule has 0 radical (unpaired) electrons. The summed E-state index contributed by atoms with van der Waals surface area (Å²) in [6.45, 7) is 0. The van der Waals surface area contributed by atoms with Crippen molar-refractivity contribution in [1.29, 1.82) is 0 Å². The fraction of sp³-hybridized carbons (Fsp3) is 0.500. The Bertz CT molecular complexity index is 352. The smallest absolute Gasteiger partial charge is 0.317 e. The first kappa shape index (κ1) is 14.3. The second-order valence-corrected chi connectivity index (χ2v) is 4.41. The molecule has 0 aliphatic heterocycles. The second kappa shape index (κ2) is 6.26. The van der Waals surface area contributed by atoms with E-state index in [1.807, 2.05) is 6.07 Å². The van der Waals surface area contributed by atoms with Gasteiger partial charge in [-0.15, -0.1) is 0 Å². The maximum atomic E-state index is 12.1. The number of halogens is 4. The molecule has 0 saturated carbocycles. The molecule has 1 unspecified atom stereocenters. The van der Waals surface area contributed by atoms with Crippen LogP contribution in [0.2, 0.25) is 5.02 Å². The van der Waals surface area contributed by atoms with Crippen LogP contribution in [0, 0.1) is 0 Å².